The Kier molecular flexibility index (Phi) is 5.46. The zero-order chi connectivity index (χ0) is 18.0. The van der Waals surface area contributed by atoms with Gasteiger partial charge < -0.3 is 10.2 Å². The van der Waals surface area contributed by atoms with E-state index in [-0.39, 0.29) is 11.9 Å². The van der Waals surface area contributed by atoms with Crippen molar-refractivity contribution < 1.29 is 13.2 Å². The number of rotatable bonds is 4. The summed E-state index contributed by atoms with van der Waals surface area (Å²) < 4.78 is 24.6. The summed E-state index contributed by atoms with van der Waals surface area (Å²) in [5, 5.41) is 3.32. The summed E-state index contributed by atoms with van der Waals surface area (Å²) in [7, 11) is -3.10. The Bertz CT molecular complexity index is 740. The summed E-state index contributed by atoms with van der Waals surface area (Å²) in [6.07, 6.45) is 4.76. The highest BCUT2D eigenvalue weighted by atomic mass is 32.2. The smallest absolute Gasteiger partial charge is 0.240 e. The van der Waals surface area contributed by atoms with Crippen LogP contribution in [0.3, 0.4) is 0 Å². The average Bonchev–Trinajstić information content (AvgIpc) is 2.58. The zero-order valence-electron chi connectivity index (χ0n) is 15.0. The largest absolute Gasteiger partial charge is 0.311 e. The normalized spacial score (nSPS) is 19.7. The van der Waals surface area contributed by atoms with Gasteiger partial charge in [0.25, 0.3) is 0 Å². The maximum Gasteiger partial charge on any atom is 0.240 e. The molecule has 2 heterocycles. The highest BCUT2D eigenvalue weighted by Gasteiger charge is 2.26. The lowest BCUT2D eigenvalue weighted by molar-refractivity contribution is -0.118. The van der Waals surface area contributed by atoms with Crippen molar-refractivity contribution >= 4 is 21.6 Å². The first-order chi connectivity index (χ1) is 11.8. The van der Waals surface area contributed by atoms with Crippen LogP contribution in [0.5, 0.6) is 0 Å². The highest BCUT2D eigenvalue weighted by molar-refractivity contribution is 7.88. The number of fused-ring (bicyclic) bond motifs is 1. The molecular weight excluding hydrogens is 338 g/mol. The van der Waals surface area contributed by atoms with Gasteiger partial charge in [-0.2, -0.15) is 0 Å². The number of aryl methyl sites for hydroxylation is 2. The van der Waals surface area contributed by atoms with Gasteiger partial charge in [0.1, 0.15) is 0 Å². The Morgan fingerprint density at radius 3 is 2.64 bits per heavy atom. The minimum Gasteiger partial charge on any atom is -0.311 e. The van der Waals surface area contributed by atoms with E-state index in [2.05, 4.69) is 24.4 Å². The Morgan fingerprint density at radius 2 is 1.96 bits per heavy atom. The fourth-order valence-corrected chi connectivity index (χ4v) is 4.58. The van der Waals surface area contributed by atoms with Gasteiger partial charge in [-0.25, -0.2) is 12.7 Å². The van der Waals surface area contributed by atoms with E-state index < -0.39 is 10.0 Å². The van der Waals surface area contributed by atoms with Crippen LogP contribution < -0.4 is 10.2 Å². The molecule has 6 nitrogen and oxygen atoms in total. The molecule has 0 spiro atoms. The number of carbonyl (C=O) groups is 1. The number of anilines is 1. The summed E-state index contributed by atoms with van der Waals surface area (Å²) in [5.41, 5.74) is 3.51. The maximum atomic E-state index is 12.7. The van der Waals surface area contributed by atoms with Crippen molar-refractivity contribution in [3.05, 3.63) is 29.3 Å². The number of hydrogen-bond donors (Lipinski definition) is 1. The number of nitrogens with one attached hydrogen (secondary N) is 1. The SMILES string of the molecule is Cc1ccc2c(c1)CCCN2C(=O)CNC1CCN(S(C)(=O)=O)CC1. The molecule has 0 aromatic heterocycles. The Hall–Kier alpha value is -1.44. The second-order valence-electron chi connectivity index (χ2n) is 7.10. The van der Waals surface area contributed by atoms with E-state index in [0.717, 1.165) is 37.9 Å². The number of hydrogen-bond acceptors (Lipinski definition) is 4. The minimum atomic E-state index is -3.10. The summed E-state index contributed by atoms with van der Waals surface area (Å²) in [6.45, 7) is 4.19. The summed E-state index contributed by atoms with van der Waals surface area (Å²) in [4.78, 5) is 14.6. The van der Waals surface area contributed by atoms with Crippen LogP contribution in [0.4, 0.5) is 5.69 Å². The van der Waals surface area contributed by atoms with Crippen LogP contribution in [0.1, 0.15) is 30.4 Å². The van der Waals surface area contributed by atoms with Crippen molar-refractivity contribution in [2.75, 3.05) is 37.3 Å². The number of nitrogens with zero attached hydrogens (tertiary/aromatic N) is 2. The van der Waals surface area contributed by atoms with Crippen molar-refractivity contribution in [2.45, 2.75) is 38.6 Å². The van der Waals surface area contributed by atoms with Crippen LogP contribution in [-0.2, 0) is 21.2 Å². The van der Waals surface area contributed by atoms with Crippen molar-refractivity contribution in [3.63, 3.8) is 0 Å². The molecule has 0 bridgehead atoms. The zero-order valence-corrected chi connectivity index (χ0v) is 15.8. The number of piperidine rings is 1. The van der Waals surface area contributed by atoms with Gasteiger partial charge in [0.05, 0.1) is 12.8 Å². The van der Waals surface area contributed by atoms with Gasteiger partial charge >= 0.3 is 0 Å². The number of carbonyl (C=O) groups excluding carboxylic acids is 1. The van der Waals surface area contributed by atoms with Gasteiger partial charge in [-0.05, 0) is 44.2 Å². The van der Waals surface area contributed by atoms with Crippen LogP contribution in [0.15, 0.2) is 18.2 Å². The fourth-order valence-electron chi connectivity index (χ4n) is 3.70. The predicted octanol–water partition coefficient (Wildman–Crippen LogP) is 1.29. The van der Waals surface area contributed by atoms with Gasteiger partial charge in [-0.3, -0.25) is 4.79 Å². The van der Waals surface area contributed by atoms with Gasteiger partial charge in [0.2, 0.25) is 15.9 Å². The third kappa shape index (κ3) is 4.40. The van der Waals surface area contributed by atoms with Crippen molar-refractivity contribution in [2.24, 2.45) is 0 Å². The molecule has 0 unspecified atom stereocenters. The van der Waals surface area contributed by atoms with E-state index in [1.54, 1.807) is 0 Å². The van der Waals surface area contributed by atoms with Gasteiger partial charge in [0, 0.05) is 31.4 Å². The molecule has 25 heavy (non-hydrogen) atoms. The van der Waals surface area contributed by atoms with E-state index in [1.165, 1.54) is 21.7 Å². The van der Waals surface area contributed by atoms with Gasteiger partial charge in [-0.1, -0.05) is 17.7 Å². The van der Waals surface area contributed by atoms with Crippen LogP contribution in [-0.4, -0.2) is 57.1 Å². The molecule has 1 N–H and O–H groups in total. The first kappa shape index (κ1) is 18.4. The molecule has 0 aliphatic carbocycles. The number of amides is 1. The van der Waals surface area contributed by atoms with E-state index >= 15 is 0 Å². The monoisotopic (exact) mass is 365 g/mol. The third-order valence-corrected chi connectivity index (χ3v) is 6.42. The standard InChI is InChI=1S/C18H27N3O3S/c1-14-5-6-17-15(12-14)4-3-9-21(17)18(22)13-19-16-7-10-20(11-8-16)25(2,23)24/h5-6,12,16,19H,3-4,7-11,13H2,1-2H3. The molecule has 0 radical (unpaired) electrons. The lowest BCUT2D eigenvalue weighted by Gasteiger charge is -2.33. The van der Waals surface area contributed by atoms with Crippen molar-refractivity contribution in [1.29, 1.82) is 0 Å². The number of benzene rings is 1. The summed E-state index contributed by atoms with van der Waals surface area (Å²) >= 11 is 0. The molecular formula is C18H27N3O3S. The first-order valence-corrected chi connectivity index (χ1v) is 10.8. The molecule has 2 aliphatic heterocycles. The lowest BCUT2D eigenvalue weighted by atomic mass is 9.99. The van der Waals surface area contributed by atoms with Crippen molar-refractivity contribution in [1.82, 2.24) is 9.62 Å². The van der Waals surface area contributed by atoms with E-state index in [1.807, 2.05) is 11.0 Å². The summed E-state index contributed by atoms with van der Waals surface area (Å²) in [5.74, 6) is 0.0929. The highest BCUT2D eigenvalue weighted by Crippen LogP contribution is 2.28. The molecule has 0 atom stereocenters. The molecule has 1 aromatic rings. The van der Waals surface area contributed by atoms with E-state index in [4.69, 9.17) is 0 Å². The van der Waals surface area contributed by atoms with E-state index in [0.29, 0.717) is 19.6 Å². The number of sulfonamides is 1. The van der Waals surface area contributed by atoms with Crippen molar-refractivity contribution in [3.8, 4) is 0 Å². The predicted molar refractivity (Wildman–Crippen MR) is 99.3 cm³/mol. The minimum absolute atomic E-state index is 0.0929. The fraction of sp³-hybridized carbons (Fsp3) is 0.611. The molecule has 138 valence electrons. The van der Waals surface area contributed by atoms with Crippen LogP contribution in [0.2, 0.25) is 0 Å². The quantitative estimate of drug-likeness (QED) is 0.873. The lowest BCUT2D eigenvalue weighted by Crippen LogP contribution is -2.48. The molecule has 2 aliphatic rings. The third-order valence-electron chi connectivity index (χ3n) is 5.12. The molecule has 3 rings (SSSR count). The van der Waals surface area contributed by atoms with Gasteiger partial charge in [-0.15, -0.1) is 0 Å². The van der Waals surface area contributed by atoms with E-state index in [9.17, 15) is 13.2 Å². The molecule has 0 saturated carbocycles. The van der Waals surface area contributed by atoms with Crippen LogP contribution in [0, 0.1) is 6.92 Å². The Labute approximate surface area is 150 Å². The molecule has 1 amide bonds. The van der Waals surface area contributed by atoms with Crippen LogP contribution >= 0.6 is 0 Å². The average molecular weight is 365 g/mol. The van der Waals surface area contributed by atoms with Gasteiger partial charge in [0.15, 0.2) is 0 Å². The second kappa shape index (κ2) is 7.43. The molecule has 1 saturated heterocycles. The summed E-state index contributed by atoms with van der Waals surface area (Å²) in [6, 6.07) is 6.47. The topological polar surface area (TPSA) is 69.7 Å². The second-order valence-corrected chi connectivity index (χ2v) is 9.08. The Balaban J connectivity index is 1.54. The Morgan fingerprint density at radius 1 is 1.24 bits per heavy atom. The molecule has 1 fully saturated rings. The maximum absolute atomic E-state index is 12.7. The van der Waals surface area contributed by atoms with Crippen LogP contribution in [0.25, 0.3) is 0 Å². The first-order valence-electron chi connectivity index (χ1n) is 8.93. The molecule has 1 aromatic carbocycles. The molecule has 7 heteroatoms.